The van der Waals surface area contributed by atoms with Crippen LogP contribution in [0, 0.1) is 0 Å². The Kier molecular flexibility index (Phi) is 4.15. The molecular weight excluding hydrogens is 270 g/mol. The molecule has 0 radical (unpaired) electrons. The third-order valence-electron chi connectivity index (χ3n) is 3.61. The number of aromatic nitrogens is 3. The van der Waals surface area contributed by atoms with Crippen LogP contribution in [0.2, 0.25) is 0 Å². The summed E-state index contributed by atoms with van der Waals surface area (Å²) in [6, 6.07) is 18.6. The van der Waals surface area contributed by atoms with Crippen LogP contribution in [-0.2, 0) is 13.0 Å². The zero-order valence-corrected chi connectivity index (χ0v) is 12.7. The molecule has 0 saturated carbocycles. The molecule has 0 atom stereocenters. The summed E-state index contributed by atoms with van der Waals surface area (Å²) in [6.45, 7) is 6.58. The van der Waals surface area contributed by atoms with E-state index >= 15 is 0 Å². The molecule has 0 N–H and O–H groups in total. The van der Waals surface area contributed by atoms with Crippen molar-refractivity contribution in [3.8, 4) is 11.4 Å². The molecule has 0 unspecified atom stereocenters. The minimum Gasteiger partial charge on any atom is -0.241 e. The maximum atomic E-state index is 4.66. The molecule has 0 fully saturated rings. The molecule has 0 spiro atoms. The maximum Gasteiger partial charge on any atom is 0.158 e. The number of nitrogens with zero attached hydrogens (tertiary/aromatic N) is 3. The lowest BCUT2D eigenvalue weighted by atomic mass is 10.1. The molecule has 0 amide bonds. The second-order valence-electron chi connectivity index (χ2n) is 5.17. The van der Waals surface area contributed by atoms with E-state index in [2.05, 4.69) is 60.0 Å². The molecular formula is C19H19N3. The predicted molar refractivity (Wildman–Crippen MR) is 90.5 cm³/mol. The van der Waals surface area contributed by atoms with Gasteiger partial charge in [0.05, 0.1) is 6.54 Å². The zero-order valence-electron chi connectivity index (χ0n) is 12.7. The Morgan fingerprint density at radius 1 is 1.05 bits per heavy atom. The summed E-state index contributed by atoms with van der Waals surface area (Å²) < 4.78 is 1.98. The summed E-state index contributed by atoms with van der Waals surface area (Å²) in [5, 5.41) is 4.63. The van der Waals surface area contributed by atoms with Gasteiger partial charge in [0.25, 0.3) is 0 Å². The van der Waals surface area contributed by atoms with E-state index in [1.54, 1.807) is 0 Å². The molecule has 3 heteroatoms. The number of hydrogen-bond acceptors (Lipinski definition) is 2. The Bertz CT molecular complexity index is 755. The first-order valence-corrected chi connectivity index (χ1v) is 7.50. The average molecular weight is 289 g/mol. The van der Waals surface area contributed by atoms with Gasteiger partial charge in [-0.2, -0.15) is 5.10 Å². The fraction of sp³-hybridized carbons (Fsp3) is 0.158. The predicted octanol–water partition coefficient (Wildman–Crippen LogP) is 4.20. The molecule has 110 valence electrons. The topological polar surface area (TPSA) is 30.7 Å². The van der Waals surface area contributed by atoms with Crippen LogP contribution < -0.4 is 0 Å². The number of benzene rings is 2. The van der Waals surface area contributed by atoms with E-state index in [0.717, 1.165) is 29.2 Å². The van der Waals surface area contributed by atoms with Crippen LogP contribution in [0.5, 0.6) is 0 Å². The number of rotatable bonds is 5. The molecule has 0 saturated heterocycles. The van der Waals surface area contributed by atoms with Gasteiger partial charge in [-0.15, -0.1) is 0 Å². The summed E-state index contributed by atoms with van der Waals surface area (Å²) in [7, 11) is 0. The highest BCUT2D eigenvalue weighted by atomic mass is 15.3. The van der Waals surface area contributed by atoms with Gasteiger partial charge >= 0.3 is 0 Å². The Balaban J connectivity index is 1.95. The summed E-state index contributed by atoms with van der Waals surface area (Å²) in [5.74, 6) is 1.80. The molecule has 0 aliphatic rings. The molecule has 3 aromatic rings. The van der Waals surface area contributed by atoms with Crippen molar-refractivity contribution in [3.63, 3.8) is 0 Å². The summed E-state index contributed by atoms with van der Waals surface area (Å²) in [4.78, 5) is 4.66. The summed E-state index contributed by atoms with van der Waals surface area (Å²) in [5.41, 5.74) is 3.42. The molecule has 1 aromatic heterocycles. The van der Waals surface area contributed by atoms with Gasteiger partial charge in [-0.05, 0) is 11.1 Å². The molecule has 1 heterocycles. The Labute approximate surface area is 131 Å². The molecule has 2 aromatic carbocycles. The van der Waals surface area contributed by atoms with Crippen molar-refractivity contribution in [1.29, 1.82) is 0 Å². The van der Waals surface area contributed by atoms with Crippen LogP contribution in [0.3, 0.4) is 0 Å². The lowest BCUT2D eigenvalue weighted by Crippen LogP contribution is -2.04. The van der Waals surface area contributed by atoms with Crippen molar-refractivity contribution in [3.05, 3.63) is 78.1 Å². The summed E-state index contributed by atoms with van der Waals surface area (Å²) >= 11 is 0. The van der Waals surface area contributed by atoms with Gasteiger partial charge in [-0.25, -0.2) is 9.67 Å². The van der Waals surface area contributed by atoms with Crippen LogP contribution >= 0.6 is 0 Å². The first-order chi connectivity index (χ1) is 10.8. The van der Waals surface area contributed by atoms with E-state index in [-0.39, 0.29) is 0 Å². The monoisotopic (exact) mass is 289 g/mol. The smallest absolute Gasteiger partial charge is 0.158 e. The third kappa shape index (κ3) is 2.98. The first kappa shape index (κ1) is 14.3. The molecule has 3 nitrogen and oxygen atoms in total. The van der Waals surface area contributed by atoms with Crippen molar-refractivity contribution in [2.45, 2.75) is 19.9 Å². The number of hydrogen-bond donors (Lipinski definition) is 0. The summed E-state index contributed by atoms with van der Waals surface area (Å²) in [6.07, 6.45) is 2.69. The van der Waals surface area contributed by atoms with Gasteiger partial charge in [0.15, 0.2) is 11.6 Å². The molecule has 3 rings (SSSR count). The highest BCUT2D eigenvalue weighted by Gasteiger charge is 2.11. The average Bonchev–Trinajstić information content (AvgIpc) is 2.99. The van der Waals surface area contributed by atoms with Crippen molar-refractivity contribution in [2.75, 3.05) is 0 Å². The minimum absolute atomic E-state index is 0.717. The molecule has 0 bridgehead atoms. The van der Waals surface area contributed by atoms with E-state index in [9.17, 15) is 0 Å². The molecule has 0 aliphatic carbocycles. The quantitative estimate of drug-likeness (QED) is 0.705. The highest BCUT2D eigenvalue weighted by Crippen LogP contribution is 2.18. The zero-order chi connectivity index (χ0) is 15.4. The van der Waals surface area contributed by atoms with E-state index in [4.69, 9.17) is 0 Å². The Morgan fingerprint density at radius 2 is 1.77 bits per heavy atom. The van der Waals surface area contributed by atoms with Gasteiger partial charge in [-0.1, -0.05) is 74.2 Å². The van der Waals surface area contributed by atoms with Crippen molar-refractivity contribution < 1.29 is 0 Å². The molecule has 0 aliphatic heterocycles. The Morgan fingerprint density at radius 3 is 2.41 bits per heavy atom. The third-order valence-corrected chi connectivity index (χ3v) is 3.61. The number of aryl methyl sites for hydroxylation is 1. The van der Waals surface area contributed by atoms with E-state index in [1.807, 2.05) is 29.0 Å². The largest absolute Gasteiger partial charge is 0.241 e. The van der Waals surface area contributed by atoms with Crippen molar-refractivity contribution >= 4 is 6.08 Å². The molecule has 22 heavy (non-hydrogen) atoms. The SMILES string of the molecule is C=Cc1ccc(Cn2nc(CC)nc2-c2ccccc2)cc1. The van der Waals surface area contributed by atoms with Gasteiger partial charge in [0.1, 0.15) is 0 Å². The van der Waals surface area contributed by atoms with Gasteiger partial charge in [0.2, 0.25) is 0 Å². The van der Waals surface area contributed by atoms with E-state index < -0.39 is 0 Å². The van der Waals surface area contributed by atoms with Crippen LogP contribution in [0.4, 0.5) is 0 Å². The lowest BCUT2D eigenvalue weighted by Gasteiger charge is -2.06. The van der Waals surface area contributed by atoms with Crippen molar-refractivity contribution in [1.82, 2.24) is 14.8 Å². The van der Waals surface area contributed by atoms with E-state index in [1.165, 1.54) is 5.56 Å². The maximum absolute atomic E-state index is 4.66. The second-order valence-corrected chi connectivity index (χ2v) is 5.17. The highest BCUT2D eigenvalue weighted by molar-refractivity contribution is 5.55. The van der Waals surface area contributed by atoms with Crippen LogP contribution in [0.15, 0.2) is 61.2 Å². The fourth-order valence-electron chi connectivity index (χ4n) is 2.38. The second kappa shape index (κ2) is 6.39. The van der Waals surface area contributed by atoms with Crippen molar-refractivity contribution in [2.24, 2.45) is 0 Å². The van der Waals surface area contributed by atoms with Gasteiger partial charge < -0.3 is 0 Å². The van der Waals surface area contributed by atoms with Gasteiger partial charge in [-0.3, -0.25) is 0 Å². The fourth-order valence-corrected chi connectivity index (χ4v) is 2.38. The lowest BCUT2D eigenvalue weighted by molar-refractivity contribution is 0.680. The van der Waals surface area contributed by atoms with Crippen LogP contribution in [-0.4, -0.2) is 14.8 Å². The van der Waals surface area contributed by atoms with Gasteiger partial charge in [0, 0.05) is 12.0 Å². The van der Waals surface area contributed by atoms with E-state index in [0.29, 0.717) is 6.54 Å². The first-order valence-electron chi connectivity index (χ1n) is 7.50. The van der Waals surface area contributed by atoms with Crippen LogP contribution in [0.1, 0.15) is 23.9 Å². The van der Waals surface area contributed by atoms with Crippen LogP contribution in [0.25, 0.3) is 17.5 Å². The normalized spacial score (nSPS) is 10.6. The Hall–Kier alpha value is -2.68. The minimum atomic E-state index is 0.717. The standard InChI is InChI=1S/C19H19N3/c1-3-15-10-12-16(13-11-15)14-22-19(20-18(4-2)21-22)17-8-6-5-7-9-17/h3,5-13H,1,4,14H2,2H3.